The number of carbonyl (C=O) groups is 1. The lowest BCUT2D eigenvalue weighted by Gasteiger charge is -2.18. The maximum absolute atomic E-state index is 12.4. The number of hydrogen-bond donors (Lipinski definition) is 1. The summed E-state index contributed by atoms with van der Waals surface area (Å²) in [7, 11) is 0. The summed E-state index contributed by atoms with van der Waals surface area (Å²) >= 11 is 0. The van der Waals surface area contributed by atoms with Crippen LogP contribution in [0.1, 0.15) is 68.8 Å². The molecule has 4 aromatic rings. The molecule has 4 rings (SSSR count). The van der Waals surface area contributed by atoms with E-state index in [1.165, 1.54) is 33.3 Å². The first-order valence-electron chi connectivity index (χ1n) is 12.7. The minimum absolute atomic E-state index is 0.0177. The molecule has 0 spiro atoms. The topological polar surface area (TPSA) is 46.9 Å². The van der Waals surface area contributed by atoms with Gasteiger partial charge in [-0.05, 0) is 99.0 Å². The summed E-state index contributed by atoms with van der Waals surface area (Å²) in [6.45, 7) is 12.4. The summed E-state index contributed by atoms with van der Waals surface area (Å²) in [6, 6.07) is 18.5. The van der Waals surface area contributed by atoms with Crippen LogP contribution in [-0.2, 0) is 13.0 Å². The van der Waals surface area contributed by atoms with Crippen molar-refractivity contribution in [3.63, 3.8) is 0 Å². The number of hydrogen-bond acceptors (Lipinski definition) is 2. The van der Waals surface area contributed by atoms with Crippen LogP contribution < -0.4 is 5.32 Å². The Kier molecular flexibility index (Phi) is 7.70. The molecule has 1 N–H and O–H groups in total. The Hall–Kier alpha value is -3.40. The molecule has 0 saturated heterocycles. The van der Waals surface area contributed by atoms with Crippen LogP contribution in [0.15, 0.2) is 54.6 Å². The van der Waals surface area contributed by atoms with E-state index in [0.29, 0.717) is 6.54 Å². The Morgan fingerprint density at radius 3 is 2.26 bits per heavy atom. The van der Waals surface area contributed by atoms with Crippen LogP contribution in [-0.4, -0.2) is 22.0 Å². The summed E-state index contributed by atoms with van der Waals surface area (Å²) < 4.78 is 2.41. The monoisotopic (exact) mass is 467 g/mol. The molecule has 0 saturated carbocycles. The highest BCUT2D eigenvalue weighted by Crippen LogP contribution is 2.26. The Bertz CT molecular complexity index is 1320. The zero-order valence-corrected chi connectivity index (χ0v) is 21.7. The van der Waals surface area contributed by atoms with Crippen molar-refractivity contribution in [1.82, 2.24) is 14.9 Å². The van der Waals surface area contributed by atoms with Gasteiger partial charge in [0.15, 0.2) is 0 Å². The molecule has 0 aliphatic rings. The number of nitrogens with one attached hydrogen (secondary N) is 1. The van der Waals surface area contributed by atoms with E-state index in [4.69, 9.17) is 4.98 Å². The summed E-state index contributed by atoms with van der Waals surface area (Å²) in [6.07, 6.45) is 4.00. The molecule has 0 bridgehead atoms. The van der Waals surface area contributed by atoms with Crippen LogP contribution in [0, 0.1) is 34.6 Å². The molecule has 182 valence electrons. The van der Waals surface area contributed by atoms with E-state index in [0.717, 1.165) is 54.7 Å². The minimum atomic E-state index is 0.0177. The molecule has 4 nitrogen and oxygen atoms in total. The number of rotatable bonds is 9. The van der Waals surface area contributed by atoms with Gasteiger partial charge >= 0.3 is 0 Å². The van der Waals surface area contributed by atoms with E-state index in [2.05, 4.69) is 67.9 Å². The van der Waals surface area contributed by atoms with Crippen LogP contribution in [0.4, 0.5) is 0 Å². The fourth-order valence-corrected chi connectivity index (χ4v) is 4.90. The second-order valence-electron chi connectivity index (χ2n) is 9.72. The van der Waals surface area contributed by atoms with E-state index in [1.54, 1.807) is 0 Å². The molecule has 0 unspecified atom stereocenters. The van der Waals surface area contributed by atoms with Crippen LogP contribution in [0.2, 0.25) is 0 Å². The van der Waals surface area contributed by atoms with Crippen LogP contribution >= 0.6 is 0 Å². The van der Waals surface area contributed by atoms with Crippen molar-refractivity contribution in [3.8, 4) is 0 Å². The first kappa shape index (κ1) is 24.7. The fraction of sp³-hybridized carbons (Fsp3) is 0.355. The molecule has 0 aliphatic heterocycles. The van der Waals surface area contributed by atoms with Gasteiger partial charge in [-0.25, -0.2) is 4.98 Å². The van der Waals surface area contributed by atoms with E-state index < -0.39 is 0 Å². The van der Waals surface area contributed by atoms with Gasteiger partial charge in [0.1, 0.15) is 5.82 Å². The van der Waals surface area contributed by atoms with Crippen molar-refractivity contribution in [3.05, 3.63) is 99.4 Å². The van der Waals surface area contributed by atoms with Crippen molar-refractivity contribution in [2.24, 2.45) is 0 Å². The van der Waals surface area contributed by atoms with Crippen LogP contribution in [0.5, 0.6) is 0 Å². The second kappa shape index (κ2) is 10.9. The number of carbonyl (C=O) groups excluding carboxylic acids is 1. The SMILES string of the molecule is Cc1ccccc1C(=O)NCCCCCc1nc2ccccc2n1Cc1c(C)c(C)cc(C)c1C. The number of para-hydroxylation sites is 2. The standard InChI is InChI=1S/C31H37N3O/c1-21-13-8-9-14-26(21)31(35)32-18-12-6-7-17-30-33-28-15-10-11-16-29(28)34(30)20-27-24(4)22(2)19-23(3)25(27)5/h8-11,13-16,19H,6-7,12,17-18,20H2,1-5H3,(H,32,35). The summed E-state index contributed by atoms with van der Waals surface area (Å²) in [5, 5.41) is 3.07. The van der Waals surface area contributed by atoms with E-state index in [1.807, 2.05) is 31.2 Å². The van der Waals surface area contributed by atoms with E-state index >= 15 is 0 Å². The summed E-state index contributed by atoms with van der Waals surface area (Å²) in [4.78, 5) is 17.4. The third-order valence-electron chi connectivity index (χ3n) is 7.32. The second-order valence-corrected chi connectivity index (χ2v) is 9.72. The van der Waals surface area contributed by atoms with Gasteiger partial charge in [-0.15, -0.1) is 0 Å². The highest BCUT2D eigenvalue weighted by Gasteiger charge is 2.15. The molecule has 0 fully saturated rings. The maximum Gasteiger partial charge on any atom is 0.251 e. The third-order valence-corrected chi connectivity index (χ3v) is 7.32. The van der Waals surface area contributed by atoms with Gasteiger partial charge in [-0.1, -0.05) is 42.8 Å². The molecule has 3 aromatic carbocycles. The van der Waals surface area contributed by atoms with Crippen molar-refractivity contribution in [2.75, 3.05) is 6.54 Å². The van der Waals surface area contributed by atoms with Crippen LogP contribution in [0.25, 0.3) is 11.0 Å². The van der Waals surface area contributed by atoms with Gasteiger partial charge in [0.25, 0.3) is 5.91 Å². The lowest BCUT2D eigenvalue weighted by molar-refractivity contribution is 0.0952. The van der Waals surface area contributed by atoms with E-state index in [-0.39, 0.29) is 5.91 Å². The smallest absolute Gasteiger partial charge is 0.251 e. The maximum atomic E-state index is 12.4. The van der Waals surface area contributed by atoms with Gasteiger partial charge in [0.05, 0.1) is 11.0 Å². The Morgan fingerprint density at radius 2 is 1.51 bits per heavy atom. The van der Waals surface area contributed by atoms with E-state index in [9.17, 15) is 4.79 Å². The summed E-state index contributed by atoms with van der Waals surface area (Å²) in [5.74, 6) is 1.16. The van der Waals surface area contributed by atoms with Crippen molar-refractivity contribution >= 4 is 16.9 Å². The average Bonchev–Trinajstić information content (AvgIpc) is 3.20. The predicted molar refractivity (Wildman–Crippen MR) is 145 cm³/mol. The Morgan fingerprint density at radius 1 is 0.829 bits per heavy atom. The lowest BCUT2D eigenvalue weighted by atomic mass is 9.94. The summed E-state index contributed by atoms with van der Waals surface area (Å²) in [5.41, 5.74) is 10.9. The largest absolute Gasteiger partial charge is 0.352 e. The number of imidazole rings is 1. The average molecular weight is 468 g/mol. The number of aryl methyl sites for hydroxylation is 4. The first-order valence-corrected chi connectivity index (χ1v) is 12.7. The Balaban J connectivity index is 1.41. The fourth-order valence-electron chi connectivity index (χ4n) is 4.90. The minimum Gasteiger partial charge on any atom is -0.352 e. The number of amides is 1. The molecule has 4 heteroatoms. The molecule has 1 aromatic heterocycles. The number of fused-ring (bicyclic) bond motifs is 1. The molecule has 1 heterocycles. The third kappa shape index (κ3) is 5.48. The number of benzene rings is 3. The van der Waals surface area contributed by atoms with Gasteiger partial charge in [0.2, 0.25) is 0 Å². The zero-order chi connectivity index (χ0) is 24.9. The normalized spacial score (nSPS) is 11.2. The van der Waals surface area contributed by atoms with Gasteiger partial charge in [0, 0.05) is 25.1 Å². The molecular formula is C31H37N3O. The number of nitrogens with zero attached hydrogens (tertiary/aromatic N) is 2. The molecule has 0 radical (unpaired) electrons. The zero-order valence-electron chi connectivity index (χ0n) is 21.7. The van der Waals surface area contributed by atoms with Gasteiger partial charge in [-0.2, -0.15) is 0 Å². The van der Waals surface area contributed by atoms with Gasteiger partial charge in [-0.3, -0.25) is 4.79 Å². The molecule has 1 amide bonds. The van der Waals surface area contributed by atoms with Crippen molar-refractivity contribution < 1.29 is 4.79 Å². The first-order chi connectivity index (χ1) is 16.9. The van der Waals surface area contributed by atoms with Crippen molar-refractivity contribution in [2.45, 2.75) is 66.8 Å². The van der Waals surface area contributed by atoms with Gasteiger partial charge < -0.3 is 9.88 Å². The van der Waals surface area contributed by atoms with Crippen molar-refractivity contribution in [1.29, 1.82) is 0 Å². The predicted octanol–water partition coefficient (Wildman–Crippen LogP) is 6.77. The number of unbranched alkanes of at least 4 members (excludes halogenated alkanes) is 2. The quantitative estimate of drug-likeness (QED) is 0.276. The lowest BCUT2D eigenvalue weighted by Crippen LogP contribution is -2.25. The highest BCUT2D eigenvalue weighted by atomic mass is 16.1. The molecule has 0 atom stereocenters. The van der Waals surface area contributed by atoms with Crippen LogP contribution in [0.3, 0.4) is 0 Å². The number of aromatic nitrogens is 2. The molecule has 35 heavy (non-hydrogen) atoms. The molecule has 0 aliphatic carbocycles. The molecular weight excluding hydrogens is 430 g/mol. The Labute approximate surface area is 209 Å². The highest BCUT2D eigenvalue weighted by molar-refractivity contribution is 5.95.